The fraction of sp³-hybridized carbons (Fsp3) is 0.304. The van der Waals surface area contributed by atoms with E-state index in [9.17, 15) is 4.79 Å². The zero-order valence-corrected chi connectivity index (χ0v) is 17.1. The van der Waals surface area contributed by atoms with Gasteiger partial charge in [-0.05, 0) is 12.1 Å². The zero-order chi connectivity index (χ0) is 19.5. The van der Waals surface area contributed by atoms with Crippen LogP contribution in [0.2, 0.25) is 0 Å². The number of hydrogen-bond donors (Lipinski definition) is 0. The standard InChI is InChI=1S/C23H25N3OS/c1-17(2)23(27)25-13-14-28-21(25)15-19-16-24-26(20-11-7-4-8-12-20)22(19)18-9-5-3-6-10-18/h3-12,16-17,21H,13-15H2,1-2H3. The molecule has 5 heteroatoms. The van der Waals surface area contributed by atoms with Gasteiger partial charge in [-0.25, -0.2) is 4.68 Å². The number of hydrogen-bond acceptors (Lipinski definition) is 3. The summed E-state index contributed by atoms with van der Waals surface area (Å²) in [4.78, 5) is 14.7. The maximum Gasteiger partial charge on any atom is 0.226 e. The molecule has 0 aliphatic carbocycles. The predicted molar refractivity (Wildman–Crippen MR) is 116 cm³/mol. The summed E-state index contributed by atoms with van der Waals surface area (Å²) in [6, 6.07) is 20.6. The van der Waals surface area contributed by atoms with Gasteiger partial charge in [-0.2, -0.15) is 5.10 Å². The molecule has 1 aliphatic heterocycles. The van der Waals surface area contributed by atoms with Crippen LogP contribution in [-0.4, -0.2) is 38.3 Å². The van der Waals surface area contributed by atoms with Crippen LogP contribution in [0, 0.1) is 5.92 Å². The SMILES string of the molecule is CC(C)C(=O)N1CCSC1Cc1cnn(-c2ccccc2)c1-c1ccccc1. The molecule has 1 atom stereocenters. The second-order valence-electron chi connectivity index (χ2n) is 7.35. The Morgan fingerprint density at radius 3 is 2.46 bits per heavy atom. The van der Waals surface area contributed by atoms with Crippen molar-refractivity contribution in [3.8, 4) is 16.9 Å². The molecule has 0 saturated carbocycles. The average Bonchev–Trinajstić information content (AvgIpc) is 3.36. The lowest BCUT2D eigenvalue weighted by atomic mass is 10.0. The van der Waals surface area contributed by atoms with Crippen molar-refractivity contribution in [1.82, 2.24) is 14.7 Å². The van der Waals surface area contributed by atoms with Crippen LogP contribution in [0.15, 0.2) is 66.9 Å². The number of carbonyl (C=O) groups excluding carboxylic acids is 1. The molecule has 1 amide bonds. The highest BCUT2D eigenvalue weighted by atomic mass is 32.2. The summed E-state index contributed by atoms with van der Waals surface area (Å²) in [5.41, 5.74) is 4.47. The first-order chi connectivity index (χ1) is 13.6. The van der Waals surface area contributed by atoms with Gasteiger partial charge in [0, 0.05) is 35.8 Å². The summed E-state index contributed by atoms with van der Waals surface area (Å²) in [7, 11) is 0. The molecule has 2 heterocycles. The fourth-order valence-electron chi connectivity index (χ4n) is 3.66. The molecular formula is C23H25N3OS. The molecule has 28 heavy (non-hydrogen) atoms. The van der Waals surface area contributed by atoms with Crippen molar-refractivity contribution in [3.63, 3.8) is 0 Å². The van der Waals surface area contributed by atoms with Gasteiger partial charge in [0.1, 0.15) is 0 Å². The van der Waals surface area contributed by atoms with Crippen LogP contribution < -0.4 is 0 Å². The van der Waals surface area contributed by atoms with Crippen LogP contribution in [0.5, 0.6) is 0 Å². The maximum atomic E-state index is 12.6. The van der Waals surface area contributed by atoms with Crippen LogP contribution in [-0.2, 0) is 11.2 Å². The molecule has 4 nitrogen and oxygen atoms in total. The third-order valence-corrected chi connectivity index (χ3v) is 6.28. The highest BCUT2D eigenvalue weighted by Gasteiger charge is 2.32. The fourth-order valence-corrected chi connectivity index (χ4v) is 4.92. The molecular weight excluding hydrogens is 366 g/mol. The third-order valence-electron chi connectivity index (χ3n) is 5.05. The average molecular weight is 392 g/mol. The Bertz CT molecular complexity index is 937. The Morgan fingerprint density at radius 2 is 1.79 bits per heavy atom. The van der Waals surface area contributed by atoms with E-state index in [1.54, 1.807) is 0 Å². The van der Waals surface area contributed by atoms with Gasteiger partial charge in [0.2, 0.25) is 5.91 Å². The van der Waals surface area contributed by atoms with E-state index in [1.165, 1.54) is 5.56 Å². The smallest absolute Gasteiger partial charge is 0.226 e. The van der Waals surface area contributed by atoms with Crippen molar-refractivity contribution < 1.29 is 4.79 Å². The Balaban J connectivity index is 1.72. The minimum atomic E-state index is 0.0295. The number of rotatable bonds is 5. The molecule has 1 aliphatic rings. The second-order valence-corrected chi connectivity index (χ2v) is 8.63. The molecule has 1 fully saturated rings. The summed E-state index contributed by atoms with van der Waals surface area (Å²) in [5.74, 6) is 1.27. The molecule has 0 spiro atoms. The summed E-state index contributed by atoms with van der Waals surface area (Å²) in [5, 5.41) is 4.89. The van der Waals surface area contributed by atoms with E-state index >= 15 is 0 Å². The number of thioether (sulfide) groups is 1. The van der Waals surface area contributed by atoms with Crippen molar-refractivity contribution in [2.24, 2.45) is 5.92 Å². The lowest BCUT2D eigenvalue weighted by molar-refractivity contribution is -0.134. The predicted octanol–water partition coefficient (Wildman–Crippen LogP) is 4.64. The Hall–Kier alpha value is -2.53. The monoisotopic (exact) mass is 391 g/mol. The first-order valence-corrected chi connectivity index (χ1v) is 10.8. The van der Waals surface area contributed by atoms with Crippen molar-refractivity contribution in [2.45, 2.75) is 25.6 Å². The van der Waals surface area contributed by atoms with Crippen molar-refractivity contribution in [2.75, 3.05) is 12.3 Å². The third kappa shape index (κ3) is 3.72. The van der Waals surface area contributed by atoms with E-state index in [0.717, 1.165) is 35.7 Å². The maximum absolute atomic E-state index is 12.6. The largest absolute Gasteiger partial charge is 0.329 e. The Kier molecular flexibility index (Phi) is 5.53. The highest BCUT2D eigenvalue weighted by molar-refractivity contribution is 8.00. The minimum Gasteiger partial charge on any atom is -0.329 e. The number of amides is 1. The molecule has 1 aromatic heterocycles. The van der Waals surface area contributed by atoms with Gasteiger partial charge in [0.25, 0.3) is 0 Å². The zero-order valence-electron chi connectivity index (χ0n) is 16.3. The van der Waals surface area contributed by atoms with Crippen molar-refractivity contribution in [1.29, 1.82) is 0 Å². The Labute approximate surface area is 170 Å². The normalized spacial score (nSPS) is 16.7. The lowest BCUT2D eigenvalue weighted by Crippen LogP contribution is -2.38. The van der Waals surface area contributed by atoms with Crippen LogP contribution >= 0.6 is 11.8 Å². The van der Waals surface area contributed by atoms with E-state index in [4.69, 9.17) is 5.10 Å². The molecule has 3 aromatic rings. The van der Waals surface area contributed by atoms with E-state index < -0.39 is 0 Å². The lowest BCUT2D eigenvalue weighted by Gasteiger charge is -2.25. The first kappa shape index (κ1) is 18.8. The summed E-state index contributed by atoms with van der Waals surface area (Å²) >= 11 is 1.87. The minimum absolute atomic E-state index is 0.0295. The highest BCUT2D eigenvalue weighted by Crippen LogP contribution is 2.33. The number of carbonyl (C=O) groups is 1. The topological polar surface area (TPSA) is 38.1 Å². The van der Waals surface area contributed by atoms with Gasteiger partial charge in [-0.15, -0.1) is 11.8 Å². The van der Waals surface area contributed by atoms with Gasteiger partial charge in [-0.1, -0.05) is 62.4 Å². The van der Waals surface area contributed by atoms with Crippen LogP contribution in [0.4, 0.5) is 0 Å². The Morgan fingerprint density at radius 1 is 1.11 bits per heavy atom. The van der Waals surface area contributed by atoms with Crippen molar-refractivity contribution >= 4 is 17.7 Å². The van der Waals surface area contributed by atoms with E-state index in [-0.39, 0.29) is 17.2 Å². The molecule has 144 valence electrons. The van der Waals surface area contributed by atoms with E-state index in [1.807, 2.05) is 65.7 Å². The number of aromatic nitrogens is 2. The van der Waals surface area contributed by atoms with Gasteiger partial charge >= 0.3 is 0 Å². The number of nitrogens with zero attached hydrogens (tertiary/aromatic N) is 3. The van der Waals surface area contributed by atoms with Crippen molar-refractivity contribution in [3.05, 3.63) is 72.4 Å². The summed E-state index contributed by atoms with van der Waals surface area (Å²) < 4.78 is 2.01. The second kappa shape index (κ2) is 8.23. The molecule has 4 rings (SSSR count). The van der Waals surface area contributed by atoms with Gasteiger partial charge in [0.15, 0.2) is 0 Å². The van der Waals surface area contributed by atoms with Gasteiger partial charge in [-0.3, -0.25) is 4.79 Å². The van der Waals surface area contributed by atoms with Crippen LogP contribution in [0.1, 0.15) is 19.4 Å². The number of benzene rings is 2. The molecule has 2 aromatic carbocycles. The molecule has 0 radical (unpaired) electrons. The van der Waals surface area contributed by atoms with E-state index in [2.05, 4.69) is 36.4 Å². The van der Waals surface area contributed by atoms with Crippen LogP contribution in [0.3, 0.4) is 0 Å². The molecule has 0 N–H and O–H groups in total. The number of para-hydroxylation sites is 1. The van der Waals surface area contributed by atoms with Crippen LogP contribution in [0.25, 0.3) is 16.9 Å². The van der Waals surface area contributed by atoms with E-state index in [0.29, 0.717) is 0 Å². The molecule has 1 saturated heterocycles. The summed E-state index contributed by atoms with van der Waals surface area (Å²) in [6.45, 7) is 4.79. The van der Waals surface area contributed by atoms with Gasteiger partial charge in [0.05, 0.1) is 23.0 Å². The first-order valence-electron chi connectivity index (χ1n) is 9.75. The quantitative estimate of drug-likeness (QED) is 0.636. The van der Waals surface area contributed by atoms with Gasteiger partial charge < -0.3 is 4.90 Å². The molecule has 0 bridgehead atoms. The summed E-state index contributed by atoms with van der Waals surface area (Å²) in [6.07, 6.45) is 2.77. The molecule has 1 unspecified atom stereocenters.